The number of rotatable bonds is 3. The maximum absolute atomic E-state index is 8.71. The molecule has 0 N–H and O–H groups in total. The van der Waals surface area contributed by atoms with Gasteiger partial charge in [0.2, 0.25) is 0 Å². The molecular formula is C8H11N3O. The van der Waals surface area contributed by atoms with Crippen molar-refractivity contribution in [2.75, 3.05) is 6.61 Å². The first-order valence-electron chi connectivity index (χ1n) is 3.77. The molecule has 0 saturated carbocycles. The van der Waals surface area contributed by atoms with Crippen LogP contribution in [0.3, 0.4) is 0 Å². The molecule has 4 nitrogen and oxygen atoms in total. The fourth-order valence-corrected chi connectivity index (χ4v) is 0.950. The molecular weight excluding hydrogens is 154 g/mol. The van der Waals surface area contributed by atoms with Crippen LogP contribution >= 0.6 is 0 Å². The van der Waals surface area contributed by atoms with E-state index >= 15 is 0 Å². The van der Waals surface area contributed by atoms with E-state index in [2.05, 4.69) is 11.2 Å². The van der Waals surface area contributed by atoms with Gasteiger partial charge in [0.15, 0.2) is 6.10 Å². The molecule has 1 aromatic rings. The van der Waals surface area contributed by atoms with Crippen LogP contribution in [0.15, 0.2) is 12.4 Å². The normalized spacial score (nSPS) is 12.4. The maximum Gasteiger partial charge on any atom is 0.172 e. The lowest BCUT2D eigenvalue weighted by atomic mass is 10.2. The molecule has 1 atom stereocenters. The quantitative estimate of drug-likeness (QED) is 0.671. The number of nitrogens with zero attached hydrogens (tertiary/aromatic N) is 3. The number of aromatic nitrogens is 2. The van der Waals surface area contributed by atoms with Crippen molar-refractivity contribution in [3.63, 3.8) is 0 Å². The third kappa shape index (κ3) is 1.83. The van der Waals surface area contributed by atoms with Gasteiger partial charge in [-0.05, 0) is 6.92 Å². The number of hydrogen-bond donors (Lipinski definition) is 0. The molecule has 1 rings (SSSR count). The van der Waals surface area contributed by atoms with Crippen LogP contribution in [0.5, 0.6) is 0 Å². The number of hydrogen-bond acceptors (Lipinski definition) is 3. The van der Waals surface area contributed by atoms with Crippen molar-refractivity contribution in [2.45, 2.75) is 13.0 Å². The molecule has 1 aromatic heterocycles. The summed E-state index contributed by atoms with van der Waals surface area (Å²) in [5.74, 6) is 0. The molecule has 0 amide bonds. The SMILES string of the molecule is CCOC(C#N)c1cnn(C)c1. The molecule has 0 saturated heterocycles. The summed E-state index contributed by atoms with van der Waals surface area (Å²) in [5.41, 5.74) is 0.807. The maximum atomic E-state index is 8.71. The summed E-state index contributed by atoms with van der Waals surface area (Å²) < 4.78 is 6.83. The first-order chi connectivity index (χ1) is 5.77. The van der Waals surface area contributed by atoms with Crippen LogP contribution in [0.1, 0.15) is 18.6 Å². The van der Waals surface area contributed by atoms with Crippen LogP contribution in [0.25, 0.3) is 0 Å². The highest BCUT2D eigenvalue weighted by atomic mass is 16.5. The minimum Gasteiger partial charge on any atom is -0.359 e. The summed E-state index contributed by atoms with van der Waals surface area (Å²) in [6, 6.07) is 2.06. The Bertz CT molecular complexity index is 287. The van der Waals surface area contributed by atoms with Gasteiger partial charge in [0.1, 0.15) is 0 Å². The Labute approximate surface area is 71.4 Å². The minimum atomic E-state index is -0.483. The van der Waals surface area contributed by atoms with Crippen molar-refractivity contribution in [1.29, 1.82) is 5.26 Å². The average molecular weight is 165 g/mol. The van der Waals surface area contributed by atoms with Gasteiger partial charge in [-0.3, -0.25) is 4.68 Å². The zero-order valence-electron chi connectivity index (χ0n) is 7.19. The molecule has 1 heterocycles. The lowest BCUT2D eigenvalue weighted by molar-refractivity contribution is 0.102. The Kier molecular flexibility index (Phi) is 2.83. The molecule has 0 fully saturated rings. The Morgan fingerprint density at radius 3 is 3.00 bits per heavy atom. The smallest absolute Gasteiger partial charge is 0.172 e. The second-order valence-electron chi connectivity index (χ2n) is 2.41. The zero-order valence-corrected chi connectivity index (χ0v) is 7.19. The predicted octanol–water partition coefficient (Wildman–Crippen LogP) is 1.02. The Morgan fingerprint density at radius 1 is 1.83 bits per heavy atom. The molecule has 0 spiro atoms. The van der Waals surface area contributed by atoms with E-state index in [1.807, 2.05) is 14.0 Å². The van der Waals surface area contributed by atoms with Crippen molar-refractivity contribution in [3.8, 4) is 6.07 Å². The van der Waals surface area contributed by atoms with Crippen molar-refractivity contribution in [3.05, 3.63) is 18.0 Å². The molecule has 0 aliphatic rings. The van der Waals surface area contributed by atoms with Gasteiger partial charge in [-0.25, -0.2) is 0 Å². The Hall–Kier alpha value is -1.34. The van der Waals surface area contributed by atoms with E-state index in [1.54, 1.807) is 17.1 Å². The van der Waals surface area contributed by atoms with Crippen molar-refractivity contribution in [1.82, 2.24) is 9.78 Å². The van der Waals surface area contributed by atoms with Crippen molar-refractivity contribution >= 4 is 0 Å². The van der Waals surface area contributed by atoms with Gasteiger partial charge in [-0.2, -0.15) is 10.4 Å². The molecule has 0 aliphatic heterocycles. The molecule has 4 heteroatoms. The van der Waals surface area contributed by atoms with Crippen molar-refractivity contribution in [2.24, 2.45) is 7.05 Å². The third-order valence-corrected chi connectivity index (χ3v) is 1.48. The first-order valence-corrected chi connectivity index (χ1v) is 3.77. The summed E-state index contributed by atoms with van der Waals surface area (Å²) in [4.78, 5) is 0. The zero-order chi connectivity index (χ0) is 8.97. The van der Waals surface area contributed by atoms with E-state index in [0.717, 1.165) is 5.56 Å². The van der Waals surface area contributed by atoms with Gasteiger partial charge >= 0.3 is 0 Å². The summed E-state index contributed by atoms with van der Waals surface area (Å²) in [6.45, 7) is 2.40. The second kappa shape index (κ2) is 3.88. The number of nitriles is 1. The largest absolute Gasteiger partial charge is 0.359 e. The highest BCUT2D eigenvalue weighted by molar-refractivity contribution is 5.14. The lowest BCUT2D eigenvalue weighted by Crippen LogP contribution is -1.99. The van der Waals surface area contributed by atoms with Gasteiger partial charge in [-0.15, -0.1) is 0 Å². The van der Waals surface area contributed by atoms with E-state index in [0.29, 0.717) is 6.61 Å². The van der Waals surface area contributed by atoms with Gasteiger partial charge in [-0.1, -0.05) is 0 Å². The molecule has 0 radical (unpaired) electrons. The van der Waals surface area contributed by atoms with E-state index in [1.165, 1.54) is 0 Å². The fourth-order valence-electron chi connectivity index (χ4n) is 0.950. The van der Waals surface area contributed by atoms with Gasteiger partial charge in [0.25, 0.3) is 0 Å². The van der Waals surface area contributed by atoms with Crippen LogP contribution < -0.4 is 0 Å². The molecule has 12 heavy (non-hydrogen) atoms. The van der Waals surface area contributed by atoms with E-state index < -0.39 is 6.10 Å². The van der Waals surface area contributed by atoms with E-state index in [-0.39, 0.29) is 0 Å². The lowest BCUT2D eigenvalue weighted by Gasteiger charge is -2.04. The first kappa shape index (κ1) is 8.75. The molecule has 1 unspecified atom stereocenters. The summed E-state index contributed by atoms with van der Waals surface area (Å²) in [6.07, 6.45) is 2.94. The Balaban J connectivity index is 2.74. The molecule has 0 aliphatic carbocycles. The van der Waals surface area contributed by atoms with Crippen molar-refractivity contribution < 1.29 is 4.74 Å². The highest BCUT2D eigenvalue weighted by Crippen LogP contribution is 2.14. The van der Waals surface area contributed by atoms with Gasteiger partial charge < -0.3 is 4.74 Å². The minimum absolute atomic E-state index is 0.483. The topological polar surface area (TPSA) is 50.8 Å². The monoisotopic (exact) mass is 165 g/mol. The molecule has 0 aromatic carbocycles. The van der Waals surface area contributed by atoms with Gasteiger partial charge in [0, 0.05) is 25.4 Å². The van der Waals surface area contributed by atoms with E-state index in [9.17, 15) is 0 Å². The summed E-state index contributed by atoms with van der Waals surface area (Å²) in [5, 5.41) is 12.7. The fraction of sp³-hybridized carbons (Fsp3) is 0.500. The number of ether oxygens (including phenoxy) is 1. The van der Waals surface area contributed by atoms with Crippen LogP contribution in [-0.2, 0) is 11.8 Å². The van der Waals surface area contributed by atoms with Crippen LogP contribution in [0.4, 0.5) is 0 Å². The molecule has 0 bridgehead atoms. The summed E-state index contributed by atoms with van der Waals surface area (Å²) in [7, 11) is 1.81. The summed E-state index contributed by atoms with van der Waals surface area (Å²) >= 11 is 0. The highest BCUT2D eigenvalue weighted by Gasteiger charge is 2.10. The van der Waals surface area contributed by atoms with Crippen LogP contribution in [0.2, 0.25) is 0 Å². The Morgan fingerprint density at radius 2 is 2.58 bits per heavy atom. The van der Waals surface area contributed by atoms with Crippen LogP contribution in [0, 0.1) is 11.3 Å². The van der Waals surface area contributed by atoms with Crippen LogP contribution in [-0.4, -0.2) is 16.4 Å². The van der Waals surface area contributed by atoms with E-state index in [4.69, 9.17) is 10.00 Å². The second-order valence-corrected chi connectivity index (χ2v) is 2.41. The third-order valence-electron chi connectivity index (χ3n) is 1.48. The number of aryl methyl sites for hydroxylation is 1. The average Bonchev–Trinajstić information content (AvgIpc) is 2.47. The predicted molar refractivity (Wildman–Crippen MR) is 43.2 cm³/mol. The standard InChI is InChI=1S/C8H11N3O/c1-3-12-8(4-9)7-5-10-11(2)6-7/h5-6,8H,3H2,1-2H3. The molecule has 64 valence electrons. The van der Waals surface area contributed by atoms with Gasteiger partial charge in [0.05, 0.1) is 12.3 Å².